The molecule has 0 spiro atoms. The van der Waals surface area contributed by atoms with Gasteiger partial charge in [-0.15, -0.1) is 0 Å². The summed E-state index contributed by atoms with van der Waals surface area (Å²) in [5.41, 5.74) is 5.34. The van der Waals surface area contributed by atoms with Crippen LogP contribution in [0.5, 0.6) is 0 Å². The van der Waals surface area contributed by atoms with Crippen molar-refractivity contribution in [3.8, 4) is 23.7 Å². The summed E-state index contributed by atoms with van der Waals surface area (Å²) >= 11 is 1.19. The topological polar surface area (TPSA) is 25.8 Å². The second-order valence-electron chi connectivity index (χ2n) is 7.68. The minimum Gasteiger partial charge on any atom is -0.172 e. The summed E-state index contributed by atoms with van der Waals surface area (Å²) in [4.78, 5) is 0. The molecule has 152 valence electrons. The Kier molecular flexibility index (Phi) is 4.81. The van der Waals surface area contributed by atoms with E-state index >= 15 is 0 Å². The second-order valence-corrected chi connectivity index (χ2v) is 8.20. The van der Waals surface area contributed by atoms with Crippen LogP contribution in [0.15, 0.2) is 97.1 Å². The smallest absolute Gasteiger partial charge is 0.121 e. The lowest BCUT2D eigenvalue weighted by atomic mass is 10.0. The van der Waals surface area contributed by atoms with E-state index in [9.17, 15) is 0 Å². The summed E-state index contributed by atoms with van der Waals surface area (Å²) in [7, 11) is 0. The predicted octanol–water partition coefficient (Wildman–Crippen LogP) is 6.80. The predicted molar refractivity (Wildman–Crippen MR) is 137 cm³/mol. The number of rotatable bonds is 0. The Hall–Kier alpha value is -4.44. The lowest BCUT2D eigenvalue weighted by Gasteiger charge is -2.00. The van der Waals surface area contributed by atoms with Crippen LogP contribution in [0.4, 0.5) is 0 Å². The lowest BCUT2D eigenvalue weighted by Crippen LogP contribution is -1.86. The van der Waals surface area contributed by atoms with Gasteiger partial charge in [0.1, 0.15) is 11.0 Å². The Morgan fingerprint density at radius 3 is 1.36 bits per heavy atom. The van der Waals surface area contributed by atoms with Crippen LogP contribution in [0.2, 0.25) is 0 Å². The van der Waals surface area contributed by atoms with E-state index in [-0.39, 0.29) is 0 Å². The molecule has 0 unspecified atom stereocenters. The van der Waals surface area contributed by atoms with Crippen LogP contribution in [0, 0.1) is 23.7 Å². The standard InChI is InChI=1S/C30H16N2S/c1-3-13-27-21(7-1)9-5-11-23(27)15-17-25-19-20-26(30-29(25)31-33-32-30)18-16-24-12-6-10-22-8-2-4-14-28(22)24/h1-14,19-20H. The van der Waals surface area contributed by atoms with Gasteiger partial charge in [-0.2, -0.15) is 8.75 Å². The molecule has 0 saturated heterocycles. The third kappa shape index (κ3) is 3.62. The highest BCUT2D eigenvalue weighted by Crippen LogP contribution is 2.22. The van der Waals surface area contributed by atoms with E-state index in [1.165, 1.54) is 22.5 Å². The summed E-state index contributed by atoms with van der Waals surface area (Å²) < 4.78 is 9.04. The molecule has 0 radical (unpaired) electrons. The summed E-state index contributed by atoms with van der Waals surface area (Å²) in [6, 6.07) is 33.0. The van der Waals surface area contributed by atoms with Gasteiger partial charge in [-0.25, -0.2) is 0 Å². The molecular formula is C30H16N2S. The molecule has 0 aliphatic rings. The zero-order valence-corrected chi connectivity index (χ0v) is 18.4. The maximum Gasteiger partial charge on any atom is 0.121 e. The summed E-state index contributed by atoms with van der Waals surface area (Å²) in [6.07, 6.45) is 0. The number of aromatic nitrogens is 2. The van der Waals surface area contributed by atoms with Gasteiger partial charge < -0.3 is 0 Å². The third-order valence-electron chi connectivity index (χ3n) is 5.66. The number of nitrogens with zero attached hydrogens (tertiary/aromatic N) is 2. The number of hydrogen-bond donors (Lipinski definition) is 0. The van der Waals surface area contributed by atoms with Crippen LogP contribution in [0.3, 0.4) is 0 Å². The van der Waals surface area contributed by atoms with Crippen molar-refractivity contribution in [1.82, 2.24) is 8.75 Å². The average Bonchev–Trinajstić information content (AvgIpc) is 3.37. The zero-order valence-electron chi connectivity index (χ0n) is 17.5. The van der Waals surface area contributed by atoms with E-state index in [0.717, 1.165) is 44.1 Å². The molecule has 0 fully saturated rings. The molecule has 0 aliphatic heterocycles. The highest BCUT2D eigenvalue weighted by Gasteiger charge is 2.08. The number of hydrogen-bond acceptors (Lipinski definition) is 3. The van der Waals surface area contributed by atoms with Gasteiger partial charge in [-0.05, 0) is 45.8 Å². The molecule has 5 aromatic carbocycles. The van der Waals surface area contributed by atoms with Crippen LogP contribution in [-0.2, 0) is 0 Å². The zero-order chi connectivity index (χ0) is 22.0. The second kappa shape index (κ2) is 8.24. The number of benzene rings is 5. The highest BCUT2D eigenvalue weighted by molar-refractivity contribution is 7.00. The maximum absolute atomic E-state index is 4.52. The van der Waals surface area contributed by atoms with Crippen molar-refractivity contribution in [2.45, 2.75) is 0 Å². The van der Waals surface area contributed by atoms with Gasteiger partial charge in [0.2, 0.25) is 0 Å². The average molecular weight is 437 g/mol. The fraction of sp³-hybridized carbons (Fsp3) is 0. The molecule has 6 rings (SSSR count). The molecule has 0 N–H and O–H groups in total. The SMILES string of the molecule is C(#Cc1ccc(C#Cc2cccc3ccccc23)c2nsnc12)c1cccc2ccccc12. The van der Waals surface area contributed by atoms with E-state index in [1.54, 1.807) is 0 Å². The van der Waals surface area contributed by atoms with Crippen LogP contribution >= 0.6 is 11.7 Å². The van der Waals surface area contributed by atoms with Crippen molar-refractivity contribution in [3.05, 3.63) is 119 Å². The van der Waals surface area contributed by atoms with Gasteiger partial charge in [-0.3, -0.25) is 0 Å². The van der Waals surface area contributed by atoms with Gasteiger partial charge in [0.05, 0.1) is 22.9 Å². The third-order valence-corrected chi connectivity index (χ3v) is 6.19. The minimum absolute atomic E-state index is 0.803. The van der Waals surface area contributed by atoms with Crippen LogP contribution in [0.25, 0.3) is 32.6 Å². The van der Waals surface area contributed by atoms with E-state index in [4.69, 9.17) is 0 Å². The fourth-order valence-electron chi connectivity index (χ4n) is 4.01. The first-order valence-corrected chi connectivity index (χ1v) is 11.3. The minimum atomic E-state index is 0.803. The highest BCUT2D eigenvalue weighted by atomic mass is 32.1. The quantitative estimate of drug-likeness (QED) is 0.245. The van der Waals surface area contributed by atoms with Crippen molar-refractivity contribution in [3.63, 3.8) is 0 Å². The summed E-state index contributed by atoms with van der Waals surface area (Å²) in [5, 5.41) is 4.67. The molecule has 1 aromatic heterocycles. The molecule has 0 bridgehead atoms. The van der Waals surface area contributed by atoms with Crippen molar-refractivity contribution in [1.29, 1.82) is 0 Å². The molecule has 1 heterocycles. The van der Waals surface area contributed by atoms with Gasteiger partial charge in [0, 0.05) is 11.1 Å². The normalized spacial score (nSPS) is 10.5. The molecule has 6 aromatic rings. The Morgan fingerprint density at radius 1 is 0.424 bits per heavy atom. The van der Waals surface area contributed by atoms with Crippen molar-refractivity contribution in [2.75, 3.05) is 0 Å². The summed E-state index contributed by atoms with van der Waals surface area (Å²) in [6.45, 7) is 0. The first-order chi connectivity index (χ1) is 16.4. The van der Waals surface area contributed by atoms with E-state index in [0.29, 0.717) is 0 Å². The molecule has 0 amide bonds. The van der Waals surface area contributed by atoms with Crippen molar-refractivity contribution in [2.24, 2.45) is 0 Å². The van der Waals surface area contributed by atoms with E-state index < -0.39 is 0 Å². The van der Waals surface area contributed by atoms with Crippen LogP contribution in [0.1, 0.15) is 22.3 Å². The Balaban J connectivity index is 1.41. The van der Waals surface area contributed by atoms with Crippen LogP contribution in [-0.4, -0.2) is 8.75 Å². The van der Waals surface area contributed by atoms with Gasteiger partial charge >= 0.3 is 0 Å². The Bertz CT molecular complexity index is 1650. The van der Waals surface area contributed by atoms with Crippen molar-refractivity contribution < 1.29 is 0 Å². The first-order valence-electron chi connectivity index (χ1n) is 10.6. The fourth-order valence-corrected chi connectivity index (χ4v) is 4.58. The maximum atomic E-state index is 4.52. The molecule has 0 atom stereocenters. The van der Waals surface area contributed by atoms with Gasteiger partial charge in [0.15, 0.2) is 0 Å². The molecule has 0 aliphatic carbocycles. The van der Waals surface area contributed by atoms with Gasteiger partial charge in [0.25, 0.3) is 0 Å². The molecule has 0 saturated carbocycles. The first kappa shape index (κ1) is 19.3. The Labute approximate surface area is 195 Å². The van der Waals surface area contributed by atoms with E-state index in [2.05, 4.69) is 81.0 Å². The molecular weight excluding hydrogens is 420 g/mol. The molecule has 33 heavy (non-hydrogen) atoms. The molecule has 3 heteroatoms. The number of fused-ring (bicyclic) bond motifs is 3. The van der Waals surface area contributed by atoms with E-state index in [1.807, 2.05) is 48.5 Å². The lowest BCUT2D eigenvalue weighted by molar-refractivity contribution is 1.58. The largest absolute Gasteiger partial charge is 0.172 e. The summed E-state index contributed by atoms with van der Waals surface area (Å²) in [5.74, 6) is 13.3. The van der Waals surface area contributed by atoms with Gasteiger partial charge in [-0.1, -0.05) is 96.5 Å². The van der Waals surface area contributed by atoms with Crippen LogP contribution < -0.4 is 0 Å². The Morgan fingerprint density at radius 2 is 0.848 bits per heavy atom. The molecule has 2 nitrogen and oxygen atoms in total. The van der Waals surface area contributed by atoms with Crippen molar-refractivity contribution >= 4 is 44.3 Å². The monoisotopic (exact) mass is 436 g/mol.